The van der Waals surface area contributed by atoms with Crippen LogP contribution in [0.15, 0.2) is 65.0 Å². The molecule has 0 bridgehead atoms. The Labute approximate surface area is 175 Å². The number of carboxylic acids is 1. The van der Waals surface area contributed by atoms with Crippen molar-refractivity contribution in [2.75, 3.05) is 5.32 Å². The second-order valence-electron chi connectivity index (χ2n) is 6.30. The van der Waals surface area contributed by atoms with Gasteiger partial charge in [-0.15, -0.1) is 11.3 Å². The third kappa shape index (κ3) is 3.70. The van der Waals surface area contributed by atoms with E-state index < -0.39 is 5.97 Å². The molecule has 3 heterocycles. The van der Waals surface area contributed by atoms with Crippen molar-refractivity contribution in [1.82, 2.24) is 19.7 Å². The molecule has 0 aliphatic rings. The Balaban J connectivity index is 2.03. The molecule has 8 nitrogen and oxygen atoms in total. The number of carbonyl (C=O) groups is 1. The Morgan fingerprint density at radius 2 is 2.00 bits per heavy atom. The summed E-state index contributed by atoms with van der Waals surface area (Å²) in [6.07, 6.45) is 3.24. The van der Waals surface area contributed by atoms with Crippen LogP contribution < -0.4 is 10.9 Å². The standard InChI is InChI=1S/C21H17N5O3S/c1-2-26-20(27)18(23-14-9-6-10-22-11-14)16(15-12-30-19(24-15)21(28)29)17(25-26)13-7-4-3-5-8-13/h3-12,23H,2H2,1H3,(H,28,29). The van der Waals surface area contributed by atoms with Crippen LogP contribution in [0.1, 0.15) is 16.7 Å². The van der Waals surface area contributed by atoms with E-state index in [9.17, 15) is 14.7 Å². The maximum Gasteiger partial charge on any atom is 0.365 e. The van der Waals surface area contributed by atoms with Gasteiger partial charge in [0.25, 0.3) is 5.56 Å². The molecule has 9 heteroatoms. The molecule has 0 spiro atoms. The Bertz CT molecular complexity index is 1250. The number of aromatic carboxylic acids is 1. The first-order valence-corrected chi connectivity index (χ1v) is 10.0. The number of aromatic nitrogens is 4. The number of benzene rings is 1. The van der Waals surface area contributed by atoms with Gasteiger partial charge >= 0.3 is 5.97 Å². The molecule has 0 unspecified atom stereocenters. The number of nitrogens with one attached hydrogen (secondary N) is 1. The van der Waals surface area contributed by atoms with Gasteiger partial charge in [-0.05, 0) is 19.1 Å². The predicted molar refractivity (Wildman–Crippen MR) is 115 cm³/mol. The topological polar surface area (TPSA) is 110 Å². The zero-order valence-corrected chi connectivity index (χ0v) is 16.8. The van der Waals surface area contributed by atoms with Crippen LogP contribution in [-0.4, -0.2) is 30.8 Å². The van der Waals surface area contributed by atoms with E-state index in [2.05, 4.69) is 20.4 Å². The molecular weight excluding hydrogens is 402 g/mol. The second-order valence-corrected chi connectivity index (χ2v) is 7.15. The molecule has 4 aromatic rings. The van der Waals surface area contributed by atoms with Crippen LogP contribution in [0.4, 0.5) is 11.4 Å². The molecule has 0 aliphatic heterocycles. The number of aryl methyl sites for hydroxylation is 1. The molecular formula is C21H17N5O3S. The first-order chi connectivity index (χ1) is 14.6. The lowest BCUT2D eigenvalue weighted by Crippen LogP contribution is -2.26. The molecule has 150 valence electrons. The lowest BCUT2D eigenvalue weighted by molar-refractivity contribution is 0.0696. The van der Waals surface area contributed by atoms with Gasteiger partial charge in [0.1, 0.15) is 11.4 Å². The van der Waals surface area contributed by atoms with Crippen LogP contribution in [0, 0.1) is 0 Å². The first kappa shape index (κ1) is 19.5. The number of anilines is 2. The number of nitrogens with zero attached hydrogens (tertiary/aromatic N) is 4. The fraction of sp³-hybridized carbons (Fsp3) is 0.0952. The van der Waals surface area contributed by atoms with Gasteiger partial charge in [0.15, 0.2) is 0 Å². The summed E-state index contributed by atoms with van der Waals surface area (Å²) in [5.41, 5.74) is 2.69. The van der Waals surface area contributed by atoms with E-state index in [0.29, 0.717) is 29.2 Å². The molecule has 0 saturated heterocycles. The highest BCUT2D eigenvalue weighted by Gasteiger charge is 2.23. The van der Waals surface area contributed by atoms with Crippen LogP contribution in [0.2, 0.25) is 0 Å². The van der Waals surface area contributed by atoms with E-state index in [0.717, 1.165) is 16.9 Å². The van der Waals surface area contributed by atoms with Crippen LogP contribution >= 0.6 is 11.3 Å². The first-order valence-electron chi connectivity index (χ1n) is 9.15. The summed E-state index contributed by atoms with van der Waals surface area (Å²) in [5, 5.41) is 18.6. The largest absolute Gasteiger partial charge is 0.476 e. The number of thiazole rings is 1. The molecule has 4 rings (SSSR count). The monoisotopic (exact) mass is 419 g/mol. The van der Waals surface area contributed by atoms with Crippen LogP contribution in [0.5, 0.6) is 0 Å². The highest BCUT2D eigenvalue weighted by atomic mass is 32.1. The van der Waals surface area contributed by atoms with Crippen LogP contribution in [0.3, 0.4) is 0 Å². The number of rotatable bonds is 6. The molecule has 1 aromatic carbocycles. The molecule has 2 N–H and O–H groups in total. The van der Waals surface area contributed by atoms with Crippen molar-refractivity contribution in [3.8, 4) is 22.5 Å². The summed E-state index contributed by atoms with van der Waals surface area (Å²) in [4.78, 5) is 32.9. The third-order valence-electron chi connectivity index (χ3n) is 4.38. The van der Waals surface area contributed by atoms with E-state index in [1.54, 1.807) is 29.9 Å². The van der Waals surface area contributed by atoms with Crippen molar-refractivity contribution >= 4 is 28.7 Å². The van der Waals surface area contributed by atoms with Crippen LogP contribution in [-0.2, 0) is 6.54 Å². The van der Waals surface area contributed by atoms with Crippen molar-refractivity contribution < 1.29 is 9.90 Å². The number of pyridine rings is 1. The SMILES string of the molecule is CCn1nc(-c2ccccc2)c(-c2csc(C(=O)O)n2)c(Nc2cccnc2)c1=O. The normalized spacial score (nSPS) is 10.7. The number of hydrogen-bond acceptors (Lipinski definition) is 7. The minimum absolute atomic E-state index is 0.0593. The summed E-state index contributed by atoms with van der Waals surface area (Å²) < 4.78 is 1.37. The Kier molecular flexibility index (Phi) is 5.36. The fourth-order valence-corrected chi connectivity index (χ4v) is 3.66. The Hall–Kier alpha value is -3.85. The lowest BCUT2D eigenvalue weighted by atomic mass is 10.0. The average molecular weight is 419 g/mol. The van der Waals surface area contributed by atoms with Crippen molar-refractivity contribution in [2.45, 2.75) is 13.5 Å². The van der Waals surface area contributed by atoms with E-state index in [4.69, 9.17) is 0 Å². The highest BCUT2D eigenvalue weighted by molar-refractivity contribution is 7.11. The smallest absolute Gasteiger partial charge is 0.365 e. The zero-order valence-electron chi connectivity index (χ0n) is 15.9. The molecule has 0 radical (unpaired) electrons. The Morgan fingerprint density at radius 3 is 2.63 bits per heavy atom. The highest BCUT2D eigenvalue weighted by Crippen LogP contribution is 2.36. The van der Waals surface area contributed by atoms with Gasteiger partial charge in [-0.3, -0.25) is 9.78 Å². The van der Waals surface area contributed by atoms with E-state index in [1.807, 2.05) is 37.3 Å². The van der Waals surface area contributed by atoms with Gasteiger partial charge in [0.05, 0.1) is 23.1 Å². The van der Waals surface area contributed by atoms with E-state index in [1.165, 1.54) is 4.68 Å². The maximum absolute atomic E-state index is 13.2. The maximum atomic E-state index is 13.2. The van der Waals surface area contributed by atoms with Crippen molar-refractivity contribution in [3.63, 3.8) is 0 Å². The van der Waals surface area contributed by atoms with E-state index >= 15 is 0 Å². The number of hydrogen-bond donors (Lipinski definition) is 2. The minimum atomic E-state index is -1.12. The second kappa shape index (κ2) is 8.26. The molecule has 30 heavy (non-hydrogen) atoms. The van der Waals surface area contributed by atoms with Gasteiger partial charge in [-0.25, -0.2) is 14.5 Å². The minimum Gasteiger partial charge on any atom is -0.476 e. The van der Waals surface area contributed by atoms with Gasteiger partial charge in [0, 0.05) is 23.7 Å². The lowest BCUT2D eigenvalue weighted by Gasteiger charge is -2.16. The zero-order chi connectivity index (χ0) is 21.1. The summed E-state index contributed by atoms with van der Waals surface area (Å²) in [7, 11) is 0. The van der Waals surface area contributed by atoms with Crippen molar-refractivity contribution in [3.05, 3.63) is 75.6 Å². The average Bonchev–Trinajstić information content (AvgIpc) is 3.26. The van der Waals surface area contributed by atoms with Gasteiger partial charge in [-0.2, -0.15) is 5.10 Å². The predicted octanol–water partition coefficient (Wildman–Crippen LogP) is 3.89. The summed E-state index contributed by atoms with van der Waals surface area (Å²) in [5.74, 6) is -1.12. The van der Waals surface area contributed by atoms with Gasteiger partial charge < -0.3 is 10.4 Å². The molecule has 3 aromatic heterocycles. The van der Waals surface area contributed by atoms with Gasteiger partial charge in [-0.1, -0.05) is 30.3 Å². The van der Waals surface area contributed by atoms with E-state index in [-0.39, 0.29) is 16.3 Å². The third-order valence-corrected chi connectivity index (χ3v) is 5.21. The summed E-state index contributed by atoms with van der Waals surface area (Å²) in [6, 6.07) is 13.0. The summed E-state index contributed by atoms with van der Waals surface area (Å²) in [6.45, 7) is 2.21. The van der Waals surface area contributed by atoms with Crippen LogP contribution in [0.25, 0.3) is 22.5 Å². The molecule has 0 saturated carbocycles. The molecule has 0 atom stereocenters. The quantitative estimate of drug-likeness (QED) is 0.488. The van der Waals surface area contributed by atoms with Crippen molar-refractivity contribution in [2.24, 2.45) is 0 Å². The molecule has 0 aliphatic carbocycles. The Morgan fingerprint density at radius 1 is 1.20 bits per heavy atom. The molecule has 0 fully saturated rings. The summed E-state index contributed by atoms with van der Waals surface area (Å²) >= 11 is 1.000. The van der Waals surface area contributed by atoms with Gasteiger partial charge in [0.2, 0.25) is 5.01 Å². The number of carboxylic acid groups (broad SMARTS) is 1. The van der Waals surface area contributed by atoms with Crippen molar-refractivity contribution in [1.29, 1.82) is 0 Å². The molecule has 0 amide bonds. The fourth-order valence-electron chi connectivity index (χ4n) is 3.02.